The number of nitrogens with zero attached hydrogens (tertiary/aromatic N) is 1. The van der Waals surface area contributed by atoms with Crippen LogP contribution in [-0.2, 0) is 16.0 Å². The highest BCUT2D eigenvalue weighted by molar-refractivity contribution is 5.76. The van der Waals surface area contributed by atoms with Crippen LogP contribution in [0.5, 0.6) is 0 Å². The van der Waals surface area contributed by atoms with Crippen molar-refractivity contribution in [2.45, 2.75) is 45.6 Å². The van der Waals surface area contributed by atoms with Crippen molar-refractivity contribution in [2.75, 3.05) is 6.61 Å². The lowest BCUT2D eigenvalue weighted by Gasteiger charge is -2.19. The van der Waals surface area contributed by atoms with Gasteiger partial charge >= 0.3 is 5.97 Å². The summed E-state index contributed by atoms with van der Waals surface area (Å²) >= 11 is 0. The molecule has 2 rings (SSSR count). The van der Waals surface area contributed by atoms with Gasteiger partial charge in [-0.3, -0.25) is 0 Å². The fraction of sp³-hybridized carbons (Fsp3) is 0.400. The van der Waals surface area contributed by atoms with Gasteiger partial charge in [0.2, 0.25) is 5.89 Å². The Morgan fingerprint density at radius 1 is 1.36 bits per heavy atom. The summed E-state index contributed by atoms with van der Waals surface area (Å²) < 4.78 is 10.9. The number of aliphatic carboxylic acids is 1. The summed E-state index contributed by atoms with van der Waals surface area (Å²) in [6, 6.07) is 8.06. The van der Waals surface area contributed by atoms with Crippen molar-refractivity contribution in [3.05, 3.63) is 53.9 Å². The Hall–Kier alpha value is -2.40. The van der Waals surface area contributed by atoms with Crippen LogP contribution in [0.15, 0.2) is 47.1 Å². The highest BCUT2D eigenvalue weighted by Gasteiger charge is 2.27. The molecule has 25 heavy (non-hydrogen) atoms. The largest absolute Gasteiger partial charge is 0.479 e. The summed E-state index contributed by atoms with van der Waals surface area (Å²) in [5.74, 6) is -0.310. The molecule has 1 N–H and O–H groups in total. The highest BCUT2D eigenvalue weighted by Crippen LogP contribution is 2.20. The number of carboxylic acid groups (broad SMARTS) is 1. The van der Waals surface area contributed by atoms with E-state index in [9.17, 15) is 4.79 Å². The van der Waals surface area contributed by atoms with Crippen molar-refractivity contribution < 1.29 is 19.1 Å². The Morgan fingerprint density at radius 2 is 2.16 bits per heavy atom. The molecule has 2 aromatic rings. The normalized spacial score (nSPS) is 12.0. The second kappa shape index (κ2) is 8.62. The second-order valence-corrected chi connectivity index (χ2v) is 6.50. The van der Waals surface area contributed by atoms with E-state index in [4.69, 9.17) is 14.3 Å². The molecule has 0 amide bonds. The molecule has 0 aliphatic rings. The first-order chi connectivity index (χ1) is 11.9. The van der Waals surface area contributed by atoms with Crippen molar-refractivity contribution in [3.63, 3.8) is 0 Å². The lowest BCUT2D eigenvalue weighted by Crippen LogP contribution is -2.34. The van der Waals surface area contributed by atoms with Crippen molar-refractivity contribution in [1.82, 2.24) is 4.98 Å². The minimum absolute atomic E-state index is 0.422. The Kier molecular flexibility index (Phi) is 6.53. The summed E-state index contributed by atoms with van der Waals surface area (Å²) in [7, 11) is 0. The van der Waals surface area contributed by atoms with E-state index in [0.717, 1.165) is 24.1 Å². The van der Waals surface area contributed by atoms with Gasteiger partial charge in [0, 0.05) is 18.6 Å². The average Bonchev–Trinajstić information content (AvgIpc) is 3.02. The topological polar surface area (TPSA) is 72.6 Å². The van der Waals surface area contributed by atoms with Crippen LogP contribution in [-0.4, -0.2) is 28.3 Å². The number of carboxylic acids is 1. The summed E-state index contributed by atoms with van der Waals surface area (Å²) in [4.78, 5) is 15.4. The monoisotopic (exact) mass is 343 g/mol. The highest BCUT2D eigenvalue weighted by atomic mass is 16.5. The van der Waals surface area contributed by atoms with Crippen molar-refractivity contribution >= 4 is 5.97 Å². The van der Waals surface area contributed by atoms with E-state index in [1.807, 2.05) is 37.3 Å². The molecule has 134 valence electrons. The van der Waals surface area contributed by atoms with Crippen LogP contribution < -0.4 is 0 Å². The Labute approximate surface area is 148 Å². The molecule has 0 spiro atoms. The van der Waals surface area contributed by atoms with E-state index in [2.05, 4.69) is 11.1 Å². The minimum atomic E-state index is -1.13. The molecule has 0 aliphatic carbocycles. The third-order valence-electron chi connectivity index (χ3n) is 3.80. The van der Waals surface area contributed by atoms with Crippen LogP contribution in [0.3, 0.4) is 0 Å². The zero-order chi connectivity index (χ0) is 18.3. The standard InChI is InChI=1S/C20H25NO4/c1-15-9-8-10-16(13-15)18-21-17(14-24-18)11-6-4-5-7-12-25-20(2,3)19(22)23/h4,6,8-10,13-14H,5,7,11-12H2,1-3H3,(H,22,23)/b6-4+. The van der Waals surface area contributed by atoms with E-state index < -0.39 is 11.6 Å². The smallest absolute Gasteiger partial charge is 0.335 e. The first-order valence-corrected chi connectivity index (χ1v) is 8.42. The Morgan fingerprint density at radius 3 is 2.88 bits per heavy atom. The number of oxazole rings is 1. The van der Waals surface area contributed by atoms with E-state index in [-0.39, 0.29) is 0 Å². The molecule has 0 saturated heterocycles. The van der Waals surface area contributed by atoms with E-state index in [1.165, 1.54) is 5.56 Å². The quantitative estimate of drug-likeness (QED) is 0.539. The van der Waals surface area contributed by atoms with Gasteiger partial charge in [-0.15, -0.1) is 0 Å². The molecule has 0 saturated carbocycles. The molecule has 5 heteroatoms. The van der Waals surface area contributed by atoms with Crippen LogP contribution in [0.25, 0.3) is 11.5 Å². The van der Waals surface area contributed by atoms with E-state index in [1.54, 1.807) is 20.1 Å². The number of hydrogen-bond donors (Lipinski definition) is 1. The van der Waals surface area contributed by atoms with Gasteiger partial charge in [0.05, 0.1) is 5.69 Å². The maximum Gasteiger partial charge on any atom is 0.335 e. The van der Waals surface area contributed by atoms with Crippen LogP contribution in [0.2, 0.25) is 0 Å². The molecule has 0 aliphatic heterocycles. The van der Waals surface area contributed by atoms with E-state index >= 15 is 0 Å². The molecule has 1 heterocycles. The number of hydrogen-bond acceptors (Lipinski definition) is 4. The van der Waals surface area contributed by atoms with Gasteiger partial charge in [0.1, 0.15) is 6.26 Å². The van der Waals surface area contributed by atoms with Gasteiger partial charge in [-0.05, 0) is 45.7 Å². The van der Waals surface area contributed by atoms with Gasteiger partial charge in [-0.1, -0.05) is 29.8 Å². The van der Waals surface area contributed by atoms with Gasteiger partial charge in [0.25, 0.3) is 0 Å². The van der Waals surface area contributed by atoms with Crippen LogP contribution in [0.1, 0.15) is 37.9 Å². The molecular weight excluding hydrogens is 318 g/mol. The molecule has 5 nitrogen and oxygen atoms in total. The third kappa shape index (κ3) is 5.87. The zero-order valence-electron chi connectivity index (χ0n) is 15.0. The molecule has 1 aromatic carbocycles. The molecule has 0 radical (unpaired) electrons. The van der Waals surface area contributed by atoms with Crippen LogP contribution in [0.4, 0.5) is 0 Å². The SMILES string of the molecule is Cc1cccc(-c2nc(C/C=C/CCCOC(C)(C)C(=O)O)co2)c1. The van der Waals surface area contributed by atoms with Gasteiger partial charge in [0.15, 0.2) is 5.60 Å². The number of rotatable bonds is 9. The lowest BCUT2D eigenvalue weighted by molar-refractivity contribution is -0.161. The van der Waals surface area contributed by atoms with Crippen LogP contribution >= 0.6 is 0 Å². The lowest BCUT2D eigenvalue weighted by atomic mass is 10.1. The summed E-state index contributed by atoms with van der Waals surface area (Å²) in [5, 5.41) is 8.95. The minimum Gasteiger partial charge on any atom is -0.479 e. The third-order valence-corrected chi connectivity index (χ3v) is 3.80. The number of benzene rings is 1. The predicted molar refractivity (Wildman–Crippen MR) is 96.4 cm³/mol. The predicted octanol–water partition coefficient (Wildman–Crippen LogP) is 4.41. The number of ether oxygens (including phenoxy) is 1. The molecule has 0 unspecified atom stereocenters. The van der Waals surface area contributed by atoms with Crippen LogP contribution in [0, 0.1) is 6.92 Å². The maximum absolute atomic E-state index is 10.9. The maximum atomic E-state index is 10.9. The summed E-state index contributed by atoms with van der Waals surface area (Å²) in [6.07, 6.45) is 8.09. The first kappa shape index (κ1) is 18.9. The van der Waals surface area contributed by atoms with Crippen molar-refractivity contribution in [2.24, 2.45) is 0 Å². The summed E-state index contributed by atoms with van der Waals surface area (Å²) in [5.41, 5.74) is 1.91. The second-order valence-electron chi connectivity index (χ2n) is 6.50. The number of carbonyl (C=O) groups is 1. The molecule has 0 bridgehead atoms. The average molecular weight is 343 g/mol. The molecule has 1 aromatic heterocycles. The van der Waals surface area contributed by atoms with Crippen molar-refractivity contribution in [1.29, 1.82) is 0 Å². The number of aryl methyl sites for hydroxylation is 1. The molecular formula is C20H25NO4. The van der Waals surface area contributed by atoms with Gasteiger partial charge < -0.3 is 14.3 Å². The van der Waals surface area contributed by atoms with Crippen molar-refractivity contribution in [3.8, 4) is 11.5 Å². The Bertz CT molecular complexity index is 731. The molecule has 0 atom stereocenters. The van der Waals surface area contributed by atoms with Gasteiger partial charge in [-0.2, -0.15) is 0 Å². The summed E-state index contributed by atoms with van der Waals surface area (Å²) in [6.45, 7) is 5.58. The Balaban J connectivity index is 1.73. The zero-order valence-corrected chi connectivity index (χ0v) is 15.0. The van der Waals surface area contributed by atoms with Gasteiger partial charge in [-0.25, -0.2) is 9.78 Å². The number of aromatic nitrogens is 1. The number of allylic oxidation sites excluding steroid dienone is 2. The molecule has 0 fully saturated rings. The number of unbranched alkanes of at least 4 members (excludes halogenated alkanes) is 1. The first-order valence-electron chi connectivity index (χ1n) is 8.42. The fourth-order valence-corrected chi connectivity index (χ4v) is 2.22. The fourth-order valence-electron chi connectivity index (χ4n) is 2.22. The van der Waals surface area contributed by atoms with E-state index in [0.29, 0.717) is 18.9 Å².